The van der Waals surface area contributed by atoms with Gasteiger partial charge in [-0.3, -0.25) is 4.90 Å². The lowest BCUT2D eigenvalue weighted by Gasteiger charge is -2.33. The number of carbonyl (C=O) groups excluding carboxylic acids is 1. The number of hydrogen-bond donors (Lipinski definition) is 2. The van der Waals surface area contributed by atoms with E-state index in [-0.39, 0.29) is 12.1 Å². The van der Waals surface area contributed by atoms with Gasteiger partial charge in [0.2, 0.25) is 0 Å². The minimum Gasteiger partial charge on any atom is -0.374 e. The van der Waals surface area contributed by atoms with Crippen molar-refractivity contribution in [1.29, 1.82) is 0 Å². The molecule has 1 aromatic rings. The minimum atomic E-state index is -0.176. The zero-order valence-electron chi connectivity index (χ0n) is 13.8. The first kappa shape index (κ1) is 18.0. The van der Waals surface area contributed by atoms with Crippen LogP contribution in [0.2, 0.25) is 5.02 Å². The quantitative estimate of drug-likeness (QED) is 0.837. The lowest BCUT2D eigenvalue weighted by atomic mass is 10.2. The van der Waals surface area contributed by atoms with E-state index in [1.165, 1.54) is 0 Å². The van der Waals surface area contributed by atoms with Crippen molar-refractivity contribution >= 4 is 17.6 Å². The summed E-state index contributed by atoms with van der Waals surface area (Å²) in [5, 5.41) is 6.41. The van der Waals surface area contributed by atoms with E-state index in [9.17, 15) is 4.79 Å². The molecule has 1 atom stereocenters. The van der Waals surface area contributed by atoms with Gasteiger partial charge in [-0.2, -0.15) is 0 Å². The van der Waals surface area contributed by atoms with Crippen LogP contribution in [0.3, 0.4) is 0 Å². The molecule has 1 unspecified atom stereocenters. The molecule has 1 aliphatic heterocycles. The van der Waals surface area contributed by atoms with Gasteiger partial charge in [0.05, 0.1) is 12.7 Å². The van der Waals surface area contributed by atoms with Gasteiger partial charge < -0.3 is 15.4 Å². The third kappa shape index (κ3) is 6.77. The molecule has 0 aliphatic carbocycles. The summed E-state index contributed by atoms with van der Waals surface area (Å²) in [5.74, 6) is 0.643. The summed E-state index contributed by atoms with van der Waals surface area (Å²) in [6.07, 6.45) is 0.0591. The van der Waals surface area contributed by atoms with Crippen LogP contribution in [0.25, 0.3) is 0 Å². The van der Waals surface area contributed by atoms with Gasteiger partial charge in [-0.25, -0.2) is 4.79 Å². The fourth-order valence-electron chi connectivity index (χ4n) is 2.64. The molecular formula is C17H26ClN3O2. The summed E-state index contributed by atoms with van der Waals surface area (Å²) in [6.45, 7) is 9.08. The van der Waals surface area contributed by atoms with Crippen molar-refractivity contribution in [2.75, 3.05) is 32.8 Å². The molecule has 0 radical (unpaired) electrons. The Kier molecular flexibility index (Phi) is 7.15. The van der Waals surface area contributed by atoms with Gasteiger partial charge >= 0.3 is 6.03 Å². The van der Waals surface area contributed by atoms with Crippen LogP contribution in [0, 0.1) is 5.92 Å². The molecule has 6 heteroatoms. The largest absolute Gasteiger partial charge is 0.374 e. The van der Waals surface area contributed by atoms with Gasteiger partial charge in [0.15, 0.2) is 0 Å². The smallest absolute Gasteiger partial charge is 0.315 e. The molecule has 1 saturated heterocycles. The van der Waals surface area contributed by atoms with Crippen LogP contribution < -0.4 is 10.6 Å². The second-order valence-corrected chi connectivity index (χ2v) is 6.77. The fraction of sp³-hybridized carbons (Fsp3) is 0.588. The van der Waals surface area contributed by atoms with Gasteiger partial charge in [0, 0.05) is 37.7 Å². The summed E-state index contributed by atoms with van der Waals surface area (Å²) < 4.78 is 5.72. The van der Waals surface area contributed by atoms with Crippen LogP contribution in [0.4, 0.5) is 4.79 Å². The summed E-state index contributed by atoms with van der Waals surface area (Å²) in [5.41, 5.74) is 1.02. The number of amides is 2. The Morgan fingerprint density at radius 2 is 2.09 bits per heavy atom. The van der Waals surface area contributed by atoms with E-state index in [1.54, 1.807) is 0 Å². The van der Waals surface area contributed by atoms with E-state index in [1.807, 2.05) is 24.3 Å². The number of halogens is 1. The Bertz CT molecular complexity index is 493. The summed E-state index contributed by atoms with van der Waals surface area (Å²) in [7, 11) is 0. The number of benzene rings is 1. The third-order valence-corrected chi connectivity index (χ3v) is 3.95. The molecular weight excluding hydrogens is 314 g/mol. The Hall–Kier alpha value is -1.30. The molecule has 2 rings (SSSR count). The standard InChI is InChI=1S/C17H26ClN3O2/c1-13(2)11-21-7-8-23-16(12-21)10-20-17(22)19-9-14-3-5-15(18)6-4-14/h3-6,13,16H,7-12H2,1-2H3,(H2,19,20,22). The first-order chi connectivity index (χ1) is 11.0. The highest BCUT2D eigenvalue weighted by Crippen LogP contribution is 2.09. The minimum absolute atomic E-state index is 0.0591. The van der Waals surface area contributed by atoms with Crippen LogP contribution in [0.1, 0.15) is 19.4 Å². The first-order valence-corrected chi connectivity index (χ1v) is 8.51. The average molecular weight is 340 g/mol. The molecule has 128 valence electrons. The number of hydrogen-bond acceptors (Lipinski definition) is 3. The second-order valence-electron chi connectivity index (χ2n) is 6.34. The van der Waals surface area contributed by atoms with Gasteiger partial charge in [-0.05, 0) is 23.6 Å². The zero-order valence-corrected chi connectivity index (χ0v) is 14.6. The highest BCUT2D eigenvalue weighted by atomic mass is 35.5. The van der Waals surface area contributed by atoms with E-state index in [0.29, 0.717) is 24.0 Å². The average Bonchev–Trinajstić information content (AvgIpc) is 2.52. The molecule has 0 aromatic heterocycles. The number of urea groups is 1. The Morgan fingerprint density at radius 1 is 1.35 bits per heavy atom. The van der Waals surface area contributed by atoms with Crippen LogP contribution in [0.5, 0.6) is 0 Å². The van der Waals surface area contributed by atoms with Crippen LogP contribution in [-0.4, -0.2) is 49.8 Å². The highest BCUT2D eigenvalue weighted by molar-refractivity contribution is 6.30. The molecule has 1 heterocycles. The van der Waals surface area contributed by atoms with Crippen molar-refractivity contribution in [2.45, 2.75) is 26.5 Å². The number of rotatable bonds is 6. The SMILES string of the molecule is CC(C)CN1CCOC(CNC(=O)NCc2ccc(Cl)cc2)C1. The Balaban J connectivity index is 1.66. The zero-order chi connectivity index (χ0) is 16.7. The predicted molar refractivity (Wildman–Crippen MR) is 92.7 cm³/mol. The second kappa shape index (κ2) is 9.11. The van der Waals surface area contributed by atoms with Crippen LogP contribution in [0.15, 0.2) is 24.3 Å². The predicted octanol–water partition coefficient (Wildman–Crippen LogP) is 2.50. The van der Waals surface area contributed by atoms with Crippen molar-refractivity contribution in [3.63, 3.8) is 0 Å². The molecule has 0 saturated carbocycles. The lowest BCUT2D eigenvalue weighted by Crippen LogP contribution is -2.49. The molecule has 23 heavy (non-hydrogen) atoms. The maximum absolute atomic E-state index is 11.9. The molecule has 1 fully saturated rings. The first-order valence-electron chi connectivity index (χ1n) is 8.13. The van der Waals surface area contributed by atoms with E-state index in [4.69, 9.17) is 16.3 Å². The monoisotopic (exact) mass is 339 g/mol. The normalized spacial score (nSPS) is 18.9. The van der Waals surface area contributed by atoms with Crippen molar-refractivity contribution in [3.8, 4) is 0 Å². The van der Waals surface area contributed by atoms with E-state index >= 15 is 0 Å². The van der Waals surface area contributed by atoms with E-state index < -0.39 is 0 Å². The maximum atomic E-state index is 11.9. The topological polar surface area (TPSA) is 53.6 Å². The van der Waals surface area contributed by atoms with Gasteiger partial charge in [-0.15, -0.1) is 0 Å². The van der Waals surface area contributed by atoms with Crippen LogP contribution in [-0.2, 0) is 11.3 Å². The van der Waals surface area contributed by atoms with Crippen molar-refractivity contribution < 1.29 is 9.53 Å². The van der Waals surface area contributed by atoms with Crippen molar-refractivity contribution in [3.05, 3.63) is 34.9 Å². The van der Waals surface area contributed by atoms with Crippen molar-refractivity contribution in [2.24, 2.45) is 5.92 Å². The summed E-state index contributed by atoms with van der Waals surface area (Å²) >= 11 is 5.84. The van der Waals surface area contributed by atoms with E-state index in [2.05, 4.69) is 29.4 Å². The molecule has 1 aromatic carbocycles. The highest BCUT2D eigenvalue weighted by Gasteiger charge is 2.21. The number of nitrogens with zero attached hydrogens (tertiary/aromatic N) is 1. The molecule has 2 amide bonds. The lowest BCUT2D eigenvalue weighted by molar-refractivity contribution is -0.0290. The molecule has 5 nitrogen and oxygen atoms in total. The van der Waals surface area contributed by atoms with Gasteiger partial charge in [0.25, 0.3) is 0 Å². The van der Waals surface area contributed by atoms with Gasteiger partial charge in [-0.1, -0.05) is 37.6 Å². The number of nitrogens with one attached hydrogen (secondary N) is 2. The Morgan fingerprint density at radius 3 is 2.78 bits per heavy atom. The summed E-state index contributed by atoms with van der Waals surface area (Å²) in [4.78, 5) is 14.3. The fourth-order valence-corrected chi connectivity index (χ4v) is 2.77. The molecule has 1 aliphatic rings. The van der Waals surface area contributed by atoms with Crippen molar-refractivity contribution in [1.82, 2.24) is 15.5 Å². The van der Waals surface area contributed by atoms with Gasteiger partial charge in [0.1, 0.15) is 0 Å². The Labute approximate surface area is 143 Å². The third-order valence-electron chi connectivity index (χ3n) is 3.70. The maximum Gasteiger partial charge on any atom is 0.315 e. The summed E-state index contributed by atoms with van der Waals surface area (Å²) in [6, 6.07) is 7.25. The number of ether oxygens (including phenoxy) is 1. The molecule has 0 spiro atoms. The number of morpholine rings is 1. The van der Waals surface area contributed by atoms with E-state index in [0.717, 1.165) is 31.8 Å². The molecule has 2 N–H and O–H groups in total. The molecule has 0 bridgehead atoms. The van der Waals surface area contributed by atoms with Crippen LogP contribution >= 0.6 is 11.6 Å². The number of carbonyl (C=O) groups is 1.